The van der Waals surface area contributed by atoms with Crippen LogP contribution in [0.4, 0.5) is 0 Å². The molecule has 0 spiro atoms. The molecule has 8 unspecified atom stereocenters. The third-order valence-electron chi connectivity index (χ3n) is 15.6. The lowest BCUT2D eigenvalue weighted by Gasteiger charge is -2.41. The molecule has 0 aromatic rings. The molecular formula is C66H123NO10. The van der Waals surface area contributed by atoms with Crippen LogP contribution in [0.3, 0.4) is 0 Å². The van der Waals surface area contributed by atoms with Crippen molar-refractivity contribution in [3.05, 3.63) is 36.5 Å². The zero-order valence-electron chi connectivity index (χ0n) is 50.1. The zero-order valence-corrected chi connectivity index (χ0v) is 50.1. The number of nitrogens with one attached hydrogen (secondary N) is 1. The van der Waals surface area contributed by atoms with Crippen LogP contribution in [-0.2, 0) is 23.8 Å². The number of ether oxygens (including phenoxy) is 3. The Morgan fingerprint density at radius 3 is 1.39 bits per heavy atom. The van der Waals surface area contributed by atoms with Gasteiger partial charge in [-0.05, 0) is 51.4 Å². The molecule has 8 atom stereocenters. The van der Waals surface area contributed by atoms with Gasteiger partial charge in [0.1, 0.15) is 24.4 Å². The van der Waals surface area contributed by atoms with Gasteiger partial charge < -0.3 is 45.1 Å². The van der Waals surface area contributed by atoms with Gasteiger partial charge in [0.2, 0.25) is 5.91 Å². The maximum atomic E-state index is 13.4. The average Bonchev–Trinajstić information content (AvgIpc) is 3.43. The van der Waals surface area contributed by atoms with Crippen molar-refractivity contribution in [3.8, 4) is 0 Å². The number of amides is 1. The number of unbranched alkanes of at least 4 members (excludes halogenated alkanes) is 38. The molecule has 0 aromatic carbocycles. The number of allylic oxidation sites excluding steroid dienone is 5. The Bertz CT molecular complexity index is 1390. The van der Waals surface area contributed by atoms with Crippen LogP contribution in [-0.4, -0.2) is 99.6 Å². The molecule has 1 rings (SSSR count). The Labute approximate surface area is 473 Å². The van der Waals surface area contributed by atoms with Crippen molar-refractivity contribution in [1.82, 2.24) is 5.32 Å². The minimum Gasteiger partial charge on any atom is -0.454 e. The lowest BCUT2D eigenvalue weighted by Crippen LogP contribution is -2.61. The number of aliphatic hydroxyl groups is 5. The van der Waals surface area contributed by atoms with Gasteiger partial charge in [0.15, 0.2) is 12.4 Å². The first-order chi connectivity index (χ1) is 37.7. The molecular weight excluding hydrogens is 967 g/mol. The van der Waals surface area contributed by atoms with Gasteiger partial charge in [-0.2, -0.15) is 0 Å². The summed E-state index contributed by atoms with van der Waals surface area (Å²) in [5.74, 6) is -1.19. The molecule has 1 amide bonds. The van der Waals surface area contributed by atoms with Crippen molar-refractivity contribution in [3.63, 3.8) is 0 Å². The lowest BCUT2D eigenvalue weighted by molar-refractivity contribution is -0.305. The van der Waals surface area contributed by atoms with E-state index in [-0.39, 0.29) is 13.0 Å². The van der Waals surface area contributed by atoms with Crippen molar-refractivity contribution in [2.45, 2.75) is 359 Å². The van der Waals surface area contributed by atoms with Gasteiger partial charge >= 0.3 is 5.97 Å². The maximum Gasteiger partial charge on any atom is 0.306 e. The van der Waals surface area contributed by atoms with Crippen molar-refractivity contribution in [1.29, 1.82) is 0 Å². The van der Waals surface area contributed by atoms with Crippen molar-refractivity contribution < 1.29 is 49.3 Å². The second-order valence-electron chi connectivity index (χ2n) is 22.8. The summed E-state index contributed by atoms with van der Waals surface area (Å²) in [6.07, 6.45) is 54.8. The van der Waals surface area contributed by atoms with Crippen molar-refractivity contribution >= 4 is 11.9 Å². The monoisotopic (exact) mass is 1090 g/mol. The van der Waals surface area contributed by atoms with E-state index in [1.165, 1.54) is 180 Å². The Kier molecular flexibility index (Phi) is 51.6. The van der Waals surface area contributed by atoms with Gasteiger partial charge in [-0.1, -0.05) is 288 Å². The van der Waals surface area contributed by atoms with E-state index in [2.05, 4.69) is 50.4 Å². The number of carbonyl (C=O) groups is 2. The largest absolute Gasteiger partial charge is 0.454 e. The number of esters is 1. The fourth-order valence-corrected chi connectivity index (χ4v) is 10.4. The minimum absolute atomic E-state index is 0.117. The number of carbonyl (C=O) groups excluding carboxylic acids is 2. The van der Waals surface area contributed by atoms with E-state index in [0.717, 1.165) is 83.5 Å². The highest BCUT2D eigenvalue weighted by Crippen LogP contribution is 2.26. The van der Waals surface area contributed by atoms with E-state index >= 15 is 0 Å². The summed E-state index contributed by atoms with van der Waals surface area (Å²) in [5, 5.41) is 57.0. The molecule has 0 aliphatic carbocycles. The zero-order chi connectivity index (χ0) is 56.1. The number of hydrogen-bond donors (Lipinski definition) is 6. The highest BCUT2D eigenvalue weighted by Gasteiger charge is 2.47. The summed E-state index contributed by atoms with van der Waals surface area (Å²) in [6, 6.07) is -1.02. The molecule has 1 aliphatic rings. The first-order valence-electron chi connectivity index (χ1n) is 32.8. The molecule has 1 aliphatic heterocycles. The summed E-state index contributed by atoms with van der Waals surface area (Å²) < 4.78 is 17.6. The Hall–Kier alpha value is -2.12. The van der Waals surface area contributed by atoms with Gasteiger partial charge in [0, 0.05) is 6.42 Å². The number of aliphatic hydroxyl groups excluding tert-OH is 5. The standard InChI is InChI=1S/C66H123NO10/c1-4-7-10-13-16-19-22-25-27-28-29-30-31-32-33-34-35-38-41-44-47-50-53-59(70)65(74)67-57(58(69)52-49-46-43-40-37-24-21-18-15-12-9-6-3)56-75-66-64(63(73)62(72)60(55-68)76-66)77-61(71)54-51-48-45-42-39-36-26-23-20-17-14-11-8-5-2/h8,11,17,20,49,52,57-60,62-64,66,68-70,72-73H,4-7,9-10,12-16,18-19,21-48,50-51,53-56H2,1-3H3,(H,67,74)/b11-8+,20-17+,52-49+. The molecule has 0 saturated carbocycles. The molecule has 1 saturated heterocycles. The van der Waals surface area contributed by atoms with E-state index in [1.807, 2.05) is 6.08 Å². The van der Waals surface area contributed by atoms with Crippen molar-refractivity contribution in [2.24, 2.45) is 0 Å². The summed E-state index contributed by atoms with van der Waals surface area (Å²) in [4.78, 5) is 26.6. The summed E-state index contributed by atoms with van der Waals surface area (Å²) in [7, 11) is 0. The second kappa shape index (κ2) is 54.5. The maximum absolute atomic E-state index is 13.4. The minimum atomic E-state index is -1.61. The summed E-state index contributed by atoms with van der Waals surface area (Å²) >= 11 is 0. The van der Waals surface area contributed by atoms with Gasteiger partial charge in [-0.3, -0.25) is 9.59 Å². The predicted octanol–water partition coefficient (Wildman–Crippen LogP) is 15.8. The Balaban J connectivity index is 2.61. The summed E-state index contributed by atoms with van der Waals surface area (Å²) in [5.41, 5.74) is 0. The molecule has 452 valence electrons. The van der Waals surface area contributed by atoms with Gasteiger partial charge in [0.05, 0.1) is 25.4 Å². The highest BCUT2D eigenvalue weighted by atomic mass is 16.7. The molecule has 0 radical (unpaired) electrons. The molecule has 0 bridgehead atoms. The van der Waals surface area contributed by atoms with Crippen LogP contribution in [0.1, 0.15) is 310 Å². The molecule has 11 nitrogen and oxygen atoms in total. The van der Waals surface area contributed by atoms with Crippen LogP contribution < -0.4 is 5.32 Å². The van der Waals surface area contributed by atoms with E-state index in [4.69, 9.17) is 14.2 Å². The van der Waals surface area contributed by atoms with Gasteiger partial charge in [-0.15, -0.1) is 0 Å². The van der Waals surface area contributed by atoms with E-state index < -0.39 is 67.4 Å². The molecule has 77 heavy (non-hydrogen) atoms. The van der Waals surface area contributed by atoms with Crippen LogP contribution in [0.25, 0.3) is 0 Å². The smallest absolute Gasteiger partial charge is 0.306 e. The Morgan fingerprint density at radius 2 is 0.935 bits per heavy atom. The topological polar surface area (TPSA) is 175 Å². The molecule has 11 heteroatoms. The van der Waals surface area contributed by atoms with E-state index in [9.17, 15) is 35.1 Å². The molecule has 1 heterocycles. The fourth-order valence-electron chi connectivity index (χ4n) is 10.4. The number of rotatable bonds is 56. The van der Waals surface area contributed by atoms with E-state index in [1.54, 1.807) is 6.08 Å². The first kappa shape index (κ1) is 72.9. The average molecular weight is 1090 g/mol. The molecule has 6 N–H and O–H groups in total. The normalized spacial score (nSPS) is 19.2. The van der Waals surface area contributed by atoms with Crippen LogP contribution in [0.15, 0.2) is 36.5 Å². The van der Waals surface area contributed by atoms with Crippen LogP contribution in [0.2, 0.25) is 0 Å². The van der Waals surface area contributed by atoms with Gasteiger partial charge in [-0.25, -0.2) is 0 Å². The van der Waals surface area contributed by atoms with Crippen molar-refractivity contribution in [2.75, 3.05) is 13.2 Å². The SMILES string of the molecule is CC/C=C/C/C=C/CCCCCCCCCC(=O)OC1C(OCC(NC(=O)C(O)CCCCCCCCCCCCCCCCCCCCCCCC)C(O)/C=C/CCCCCCCCCCCC)OC(CO)C(O)C1O. The molecule has 1 fully saturated rings. The summed E-state index contributed by atoms with van der Waals surface area (Å²) in [6.45, 7) is 5.71. The van der Waals surface area contributed by atoms with Crippen LogP contribution >= 0.6 is 0 Å². The quantitative estimate of drug-likeness (QED) is 0.0195. The number of hydrogen-bond acceptors (Lipinski definition) is 10. The highest BCUT2D eigenvalue weighted by molar-refractivity contribution is 5.80. The lowest BCUT2D eigenvalue weighted by atomic mass is 9.99. The van der Waals surface area contributed by atoms with Crippen LogP contribution in [0.5, 0.6) is 0 Å². The fraction of sp³-hybridized carbons (Fsp3) is 0.879. The molecule has 0 aromatic heterocycles. The second-order valence-corrected chi connectivity index (χ2v) is 22.8. The van der Waals surface area contributed by atoms with E-state index in [0.29, 0.717) is 19.3 Å². The van der Waals surface area contributed by atoms with Crippen LogP contribution in [0, 0.1) is 0 Å². The first-order valence-corrected chi connectivity index (χ1v) is 32.8. The van der Waals surface area contributed by atoms with Gasteiger partial charge in [0.25, 0.3) is 0 Å². The Morgan fingerprint density at radius 1 is 0.519 bits per heavy atom. The predicted molar refractivity (Wildman–Crippen MR) is 320 cm³/mol. The third kappa shape index (κ3) is 42.4. The third-order valence-corrected chi connectivity index (χ3v) is 15.6.